The average molecular weight is 190 g/mol. The molecule has 0 radical (unpaired) electrons. The summed E-state index contributed by atoms with van der Waals surface area (Å²) < 4.78 is 0. The van der Waals surface area contributed by atoms with E-state index in [4.69, 9.17) is 0 Å². The van der Waals surface area contributed by atoms with Gasteiger partial charge in [-0.15, -0.1) is 0 Å². The maximum Gasteiger partial charge on any atom is 0.151 e. The van der Waals surface area contributed by atoms with Crippen molar-refractivity contribution in [3.05, 3.63) is 23.9 Å². The lowest BCUT2D eigenvalue weighted by Gasteiger charge is -2.17. The number of rotatable bonds is 4. The number of aldehydes is 1. The average Bonchev–Trinajstić information content (AvgIpc) is 3.02. The standard InChI is InChI=1S/C11H14N2O/c1-13(7-9-2-3-9)11-5-4-10(8-14)6-12-11/h4-6,8-9H,2-3,7H2,1H3. The first kappa shape index (κ1) is 9.19. The molecule has 74 valence electrons. The SMILES string of the molecule is CN(CC1CC1)c1ccc(C=O)cn1. The molecule has 2 rings (SSSR count). The molecule has 0 spiro atoms. The van der Waals surface area contributed by atoms with Gasteiger partial charge in [0.15, 0.2) is 6.29 Å². The first-order valence-electron chi connectivity index (χ1n) is 4.92. The van der Waals surface area contributed by atoms with Gasteiger partial charge in [-0.25, -0.2) is 4.98 Å². The van der Waals surface area contributed by atoms with Crippen molar-refractivity contribution in [3.63, 3.8) is 0 Å². The third-order valence-corrected chi connectivity index (χ3v) is 2.53. The van der Waals surface area contributed by atoms with Crippen LogP contribution in [0.1, 0.15) is 23.2 Å². The van der Waals surface area contributed by atoms with Gasteiger partial charge in [-0.2, -0.15) is 0 Å². The predicted octanol–water partition coefficient (Wildman–Crippen LogP) is 1.74. The van der Waals surface area contributed by atoms with Crippen LogP contribution in [-0.2, 0) is 0 Å². The summed E-state index contributed by atoms with van der Waals surface area (Å²) in [6, 6.07) is 3.70. The Kier molecular flexibility index (Phi) is 2.48. The maximum absolute atomic E-state index is 10.4. The molecular weight excluding hydrogens is 176 g/mol. The molecule has 0 amide bonds. The quantitative estimate of drug-likeness (QED) is 0.678. The number of aromatic nitrogens is 1. The zero-order valence-electron chi connectivity index (χ0n) is 8.31. The highest BCUT2D eigenvalue weighted by atomic mass is 16.1. The molecule has 1 heterocycles. The van der Waals surface area contributed by atoms with Gasteiger partial charge in [-0.1, -0.05) is 0 Å². The highest BCUT2D eigenvalue weighted by Crippen LogP contribution is 2.30. The summed E-state index contributed by atoms with van der Waals surface area (Å²) in [7, 11) is 2.04. The van der Waals surface area contributed by atoms with Crippen LogP contribution in [-0.4, -0.2) is 24.9 Å². The number of carbonyl (C=O) groups excluding carboxylic acids is 1. The second kappa shape index (κ2) is 3.78. The molecule has 1 aromatic rings. The smallest absolute Gasteiger partial charge is 0.151 e. The normalized spacial score (nSPS) is 15.2. The molecule has 14 heavy (non-hydrogen) atoms. The van der Waals surface area contributed by atoms with E-state index in [1.165, 1.54) is 12.8 Å². The van der Waals surface area contributed by atoms with Gasteiger partial charge in [0.25, 0.3) is 0 Å². The second-order valence-corrected chi connectivity index (χ2v) is 3.89. The number of anilines is 1. The van der Waals surface area contributed by atoms with Gasteiger partial charge in [0.2, 0.25) is 0 Å². The third-order valence-electron chi connectivity index (χ3n) is 2.53. The fourth-order valence-corrected chi connectivity index (χ4v) is 1.47. The second-order valence-electron chi connectivity index (χ2n) is 3.89. The fourth-order valence-electron chi connectivity index (χ4n) is 1.47. The van der Waals surface area contributed by atoms with Crippen LogP contribution in [0.15, 0.2) is 18.3 Å². The van der Waals surface area contributed by atoms with E-state index < -0.39 is 0 Å². The van der Waals surface area contributed by atoms with Crippen molar-refractivity contribution in [2.75, 3.05) is 18.5 Å². The molecule has 0 aliphatic heterocycles. The minimum atomic E-state index is 0.633. The van der Waals surface area contributed by atoms with E-state index in [-0.39, 0.29) is 0 Å². The highest BCUT2D eigenvalue weighted by Gasteiger charge is 2.23. The molecular formula is C11H14N2O. The molecule has 1 aliphatic rings. The number of pyridine rings is 1. The summed E-state index contributed by atoms with van der Waals surface area (Å²) in [5.41, 5.74) is 0.633. The maximum atomic E-state index is 10.4. The van der Waals surface area contributed by atoms with Crippen molar-refractivity contribution in [2.45, 2.75) is 12.8 Å². The Morgan fingerprint density at radius 2 is 2.36 bits per heavy atom. The molecule has 0 unspecified atom stereocenters. The van der Waals surface area contributed by atoms with Crippen LogP contribution in [0, 0.1) is 5.92 Å². The topological polar surface area (TPSA) is 33.2 Å². The van der Waals surface area contributed by atoms with E-state index in [1.54, 1.807) is 12.3 Å². The lowest BCUT2D eigenvalue weighted by molar-refractivity contribution is 0.112. The molecule has 3 nitrogen and oxygen atoms in total. The Morgan fingerprint density at radius 1 is 1.57 bits per heavy atom. The van der Waals surface area contributed by atoms with E-state index in [9.17, 15) is 4.79 Å². The van der Waals surface area contributed by atoms with E-state index in [0.717, 1.165) is 24.6 Å². The lowest BCUT2D eigenvalue weighted by atomic mass is 10.3. The first-order valence-corrected chi connectivity index (χ1v) is 4.92. The van der Waals surface area contributed by atoms with Gasteiger partial charge < -0.3 is 4.90 Å². The van der Waals surface area contributed by atoms with Crippen LogP contribution in [0.5, 0.6) is 0 Å². The van der Waals surface area contributed by atoms with Gasteiger partial charge in [-0.3, -0.25) is 4.79 Å². The van der Waals surface area contributed by atoms with E-state index in [0.29, 0.717) is 5.56 Å². The van der Waals surface area contributed by atoms with Gasteiger partial charge in [0, 0.05) is 25.4 Å². The van der Waals surface area contributed by atoms with E-state index >= 15 is 0 Å². The minimum absolute atomic E-state index is 0.633. The fraction of sp³-hybridized carbons (Fsp3) is 0.455. The van der Waals surface area contributed by atoms with Crippen molar-refractivity contribution in [2.24, 2.45) is 5.92 Å². The molecule has 1 saturated carbocycles. The molecule has 0 N–H and O–H groups in total. The van der Waals surface area contributed by atoms with Gasteiger partial charge in [-0.05, 0) is 30.9 Å². The van der Waals surface area contributed by atoms with E-state index in [2.05, 4.69) is 9.88 Å². The molecule has 1 fully saturated rings. The Bertz CT molecular complexity index is 317. The molecule has 0 atom stereocenters. The molecule has 0 aromatic carbocycles. The van der Waals surface area contributed by atoms with Crippen LogP contribution in [0.25, 0.3) is 0 Å². The third kappa shape index (κ3) is 2.10. The monoisotopic (exact) mass is 190 g/mol. The zero-order valence-corrected chi connectivity index (χ0v) is 8.31. The van der Waals surface area contributed by atoms with Crippen molar-refractivity contribution < 1.29 is 4.79 Å². The highest BCUT2D eigenvalue weighted by molar-refractivity contribution is 5.74. The van der Waals surface area contributed by atoms with Crippen LogP contribution in [0.3, 0.4) is 0 Å². The number of nitrogens with zero attached hydrogens (tertiary/aromatic N) is 2. The molecule has 0 bridgehead atoms. The molecule has 0 saturated heterocycles. The van der Waals surface area contributed by atoms with Crippen molar-refractivity contribution >= 4 is 12.1 Å². The number of hydrogen-bond donors (Lipinski definition) is 0. The Labute approximate surface area is 83.8 Å². The Balaban J connectivity index is 2.02. The first-order chi connectivity index (χ1) is 6.79. The van der Waals surface area contributed by atoms with Crippen LogP contribution in [0.4, 0.5) is 5.82 Å². The van der Waals surface area contributed by atoms with Gasteiger partial charge >= 0.3 is 0 Å². The molecule has 1 aliphatic carbocycles. The van der Waals surface area contributed by atoms with Crippen LogP contribution < -0.4 is 4.90 Å². The van der Waals surface area contributed by atoms with Gasteiger partial charge in [0.1, 0.15) is 5.82 Å². The zero-order chi connectivity index (χ0) is 9.97. The largest absolute Gasteiger partial charge is 0.359 e. The summed E-state index contributed by atoms with van der Waals surface area (Å²) in [5.74, 6) is 1.80. The van der Waals surface area contributed by atoms with Crippen molar-refractivity contribution in [1.82, 2.24) is 4.98 Å². The molecule has 1 aromatic heterocycles. The van der Waals surface area contributed by atoms with Crippen LogP contribution in [0.2, 0.25) is 0 Å². The van der Waals surface area contributed by atoms with Gasteiger partial charge in [0.05, 0.1) is 0 Å². The summed E-state index contributed by atoms with van der Waals surface area (Å²) >= 11 is 0. The predicted molar refractivity (Wildman–Crippen MR) is 55.6 cm³/mol. The lowest BCUT2D eigenvalue weighted by Crippen LogP contribution is -2.20. The summed E-state index contributed by atoms with van der Waals surface area (Å²) in [6.45, 7) is 1.08. The number of carbonyl (C=O) groups is 1. The van der Waals surface area contributed by atoms with Crippen LogP contribution >= 0.6 is 0 Å². The summed E-state index contributed by atoms with van der Waals surface area (Å²) in [5, 5.41) is 0. The summed E-state index contributed by atoms with van der Waals surface area (Å²) in [4.78, 5) is 16.8. The summed E-state index contributed by atoms with van der Waals surface area (Å²) in [6.07, 6.45) is 5.12. The van der Waals surface area contributed by atoms with Crippen molar-refractivity contribution in [1.29, 1.82) is 0 Å². The molecule has 3 heteroatoms. The van der Waals surface area contributed by atoms with E-state index in [1.807, 2.05) is 13.1 Å². The van der Waals surface area contributed by atoms with Crippen molar-refractivity contribution in [3.8, 4) is 0 Å². The Morgan fingerprint density at radius 3 is 2.86 bits per heavy atom. The Hall–Kier alpha value is -1.38. The number of hydrogen-bond acceptors (Lipinski definition) is 3. The minimum Gasteiger partial charge on any atom is -0.359 e.